The molecule has 0 amide bonds. The smallest absolute Gasteiger partial charge is 0.193 e. The van der Waals surface area contributed by atoms with Gasteiger partial charge in [0.2, 0.25) is 0 Å². The Bertz CT molecular complexity index is 1310. The second kappa shape index (κ2) is 5.78. The summed E-state index contributed by atoms with van der Waals surface area (Å²) in [5, 5.41) is 8.89. The van der Waals surface area contributed by atoms with Crippen LogP contribution in [0.4, 0.5) is 0 Å². The molecule has 0 bridgehead atoms. The Kier molecular flexibility index (Phi) is 3.27. The van der Waals surface area contributed by atoms with E-state index in [0.717, 1.165) is 33.8 Å². The maximum Gasteiger partial charge on any atom is 0.193 e. The molecule has 8 nitrogen and oxygen atoms in total. The molecular weight excluding hydrogens is 340 g/mol. The van der Waals surface area contributed by atoms with Crippen LogP contribution in [0.2, 0.25) is 0 Å². The predicted molar refractivity (Wildman–Crippen MR) is 98.7 cm³/mol. The molecule has 5 aromatic rings. The summed E-state index contributed by atoms with van der Waals surface area (Å²) in [7, 11) is 1.97. The number of hydrogen-bond acceptors (Lipinski definition) is 5. The molecule has 27 heavy (non-hydrogen) atoms. The monoisotopic (exact) mass is 354 g/mol. The van der Waals surface area contributed by atoms with Gasteiger partial charge in [0.1, 0.15) is 17.4 Å². The molecule has 0 fully saturated rings. The molecule has 0 aliphatic heterocycles. The molecule has 0 N–H and O–H groups in total. The van der Waals surface area contributed by atoms with E-state index < -0.39 is 0 Å². The third-order valence-corrected chi connectivity index (χ3v) is 4.60. The molecule has 130 valence electrons. The number of nitriles is 1. The van der Waals surface area contributed by atoms with Crippen LogP contribution >= 0.6 is 0 Å². The summed E-state index contributed by atoms with van der Waals surface area (Å²) in [5.41, 5.74) is 5.67. The molecule has 5 rings (SSSR count). The Hall–Kier alpha value is -3.99. The van der Waals surface area contributed by atoms with Crippen molar-refractivity contribution in [1.29, 1.82) is 5.26 Å². The van der Waals surface area contributed by atoms with E-state index in [1.807, 2.05) is 40.5 Å². The highest BCUT2D eigenvalue weighted by atomic mass is 15.5. The summed E-state index contributed by atoms with van der Waals surface area (Å²) < 4.78 is 6.06. The fourth-order valence-corrected chi connectivity index (χ4v) is 3.15. The van der Waals surface area contributed by atoms with E-state index in [1.165, 1.54) is 0 Å². The lowest BCUT2D eigenvalue weighted by Crippen LogP contribution is -2.23. The van der Waals surface area contributed by atoms with Crippen LogP contribution in [0.1, 0.15) is 11.3 Å². The fourth-order valence-electron chi connectivity index (χ4n) is 3.15. The number of imidazole rings is 1. The largest absolute Gasteiger partial charge is 0.307 e. The van der Waals surface area contributed by atoms with E-state index in [9.17, 15) is 0 Å². The number of aromatic nitrogens is 7. The molecular formula is C19H14N8. The van der Waals surface area contributed by atoms with Crippen molar-refractivity contribution in [2.75, 3.05) is 0 Å². The first-order chi connectivity index (χ1) is 13.2. The van der Waals surface area contributed by atoms with E-state index in [-0.39, 0.29) is 0 Å². The van der Waals surface area contributed by atoms with Gasteiger partial charge >= 0.3 is 0 Å². The van der Waals surface area contributed by atoms with Crippen LogP contribution in [0.5, 0.6) is 0 Å². The Morgan fingerprint density at radius 3 is 2.78 bits per heavy atom. The molecule has 0 unspecified atom stereocenters. The lowest BCUT2D eigenvalue weighted by molar-refractivity contribution is 0.530. The molecule has 5 aromatic heterocycles. The lowest BCUT2D eigenvalue weighted by atomic mass is 10.2. The van der Waals surface area contributed by atoms with Crippen molar-refractivity contribution in [3.63, 3.8) is 0 Å². The minimum atomic E-state index is 0.381. The first kappa shape index (κ1) is 15.3. The van der Waals surface area contributed by atoms with Crippen molar-refractivity contribution in [3.8, 4) is 17.3 Å². The van der Waals surface area contributed by atoms with Gasteiger partial charge < -0.3 is 4.40 Å². The van der Waals surface area contributed by atoms with E-state index >= 15 is 0 Å². The SMILES string of the molecule is Cn1c2ncc(-c3ccc(C#N)nc3)nc2n1Cc1ccc2nccn2c1. The average Bonchev–Trinajstić information content (AvgIpc) is 3.19. The molecule has 0 spiro atoms. The molecule has 0 aliphatic carbocycles. The molecule has 0 aromatic carbocycles. The Morgan fingerprint density at radius 2 is 1.96 bits per heavy atom. The summed E-state index contributed by atoms with van der Waals surface area (Å²) in [6, 6.07) is 9.60. The van der Waals surface area contributed by atoms with Gasteiger partial charge in [-0.3, -0.25) is 9.36 Å². The topological polar surface area (TPSA) is 89.6 Å². The Morgan fingerprint density at radius 1 is 1.04 bits per heavy atom. The van der Waals surface area contributed by atoms with E-state index in [1.54, 1.807) is 24.7 Å². The molecule has 8 heteroatoms. The number of rotatable bonds is 3. The number of fused-ring (bicyclic) bond motifs is 2. The van der Waals surface area contributed by atoms with Crippen molar-refractivity contribution < 1.29 is 0 Å². The average molecular weight is 354 g/mol. The van der Waals surface area contributed by atoms with Gasteiger partial charge in [-0.2, -0.15) is 5.26 Å². The van der Waals surface area contributed by atoms with Crippen LogP contribution < -0.4 is 0 Å². The van der Waals surface area contributed by atoms with Crippen molar-refractivity contribution in [2.24, 2.45) is 7.05 Å². The van der Waals surface area contributed by atoms with Gasteiger partial charge in [0.25, 0.3) is 0 Å². The summed E-state index contributed by atoms with van der Waals surface area (Å²) in [6.45, 7) is 0.682. The normalized spacial score (nSPS) is 11.3. The van der Waals surface area contributed by atoms with Gasteiger partial charge in [-0.05, 0) is 23.8 Å². The first-order valence-electron chi connectivity index (χ1n) is 8.39. The van der Waals surface area contributed by atoms with Crippen molar-refractivity contribution in [1.82, 2.24) is 33.7 Å². The Balaban J connectivity index is 1.52. The van der Waals surface area contributed by atoms with Crippen LogP contribution in [0.25, 0.3) is 28.2 Å². The van der Waals surface area contributed by atoms with Crippen molar-refractivity contribution in [2.45, 2.75) is 6.54 Å². The molecule has 0 atom stereocenters. The lowest BCUT2D eigenvalue weighted by Gasteiger charge is -2.22. The molecule has 0 radical (unpaired) electrons. The van der Waals surface area contributed by atoms with Gasteiger partial charge in [-0.1, -0.05) is 6.07 Å². The van der Waals surface area contributed by atoms with Gasteiger partial charge in [-0.25, -0.2) is 19.9 Å². The van der Waals surface area contributed by atoms with Gasteiger partial charge in [0.05, 0.1) is 18.4 Å². The summed E-state index contributed by atoms with van der Waals surface area (Å²) in [4.78, 5) is 17.6. The molecule has 0 saturated carbocycles. The first-order valence-corrected chi connectivity index (χ1v) is 8.39. The second-order valence-electron chi connectivity index (χ2n) is 6.26. The molecule has 0 saturated heterocycles. The Labute approximate surface area is 154 Å². The van der Waals surface area contributed by atoms with Crippen LogP contribution in [-0.2, 0) is 13.6 Å². The zero-order valence-corrected chi connectivity index (χ0v) is 14.5. The molecule has 5 heterocycles. The number of nitrogens with zero attached hydrogens (tertiary/aromatic N) is 8. The highest BCUT2D eigenvalue weighted by Gasteiger charge is 2.15. The van der Waals surface area contributed by atoms with E-state index in [4.69, 9.17) is 10.2 Å². The number of pyridine rings is 2. The second-order valence-corrected chi connectivity index (χ2v) is 6.26. The van der Waals surface area contributed by atoms with Crippen LogP contribution in [0, 0.1) is 11.3 Å². The number of hydrogen-bond donors (Lipinski definition) is 0. The van der Waals surface area contributed by atoms with E-state index in [2.05, 4.69) is 31.9 Å². The van der Waals surface area contributed by atoms with Gasteiger partial charge in [0, 0.05) is 37.4 Å². The maximum absolute atomic E-state index is 8.89. The van der Waals surface area contributed by atoms with E-state index in [0.29, 0.717) is 12.2 Å². The third kappa shape index (κ3) is 2.45. The predicted octanol–water partition coefficient (Wildman–Crippen LogP) is 2.40. The van der Waals surface area contributed by atoms with Crippen LogP contribution in [0.15, 0.2) is 55.2 Å². The highest BCUT2D eigenvalue weighted by Crippen LogP contribution is 2.21. The standard InChI is InChI=1S/C19H14N8/c1-25-18-19(24-16(10-23-18)14-3-4-15(8-20)22-9-14)27(25)12-13-2-5-17-21-6-7-26(17)11-13/h2-7,9-11H,12H2,1H3. The fraction of sp³-hybridized carbons (Fsp3) is 0.105. The third-order valence-electron chi connectivity index (χ3n) is 4.60. The summed E-state index contributed by atoms with van der Waals surface area (Å²) in [6.07, 6.45) is 9.16. The minimum absolute atomic E-state index is 0.381. The van der Waals surface area contributed by atoms with Crippen LogP contribution in [0.3, 0.4) is 0 Å². The van der Waals surface area contributed by atoms with Crippen molar-refractivity contribution in [3.05, 3.63) is 66.5 Å². The minimum Gasteiger partial charge on any atom is -0.307 e. The zero-order valence-electron chi connectivity index (χ0n) is 14.5. The van der Waals surface area contributed by atoms with Crippen LogP contribution in [-0.4, -0.2) is 33.7 Å². The summed E-state index contributed by atoms with van der Waals surface area (Å²) >= 11 is 0. The summed E-state index contributed by atoms with van der Waals surface area (Å²) in [5.74, 6) is 0. The van der Waals surface area contributed by atoms with Gasteiger partial charge in [-0.15, -0.1) is 0 Å². The quantitative estimate of drug-likeness (QED) is 0.496. The van der Waals surface area contributed by atoms with Crippen molar-refractivity contribution >= 4 is 16.9 Å². The van der Waals surface area contributed by atoms with Gasteiger partial charge in [0.15, 0.2) is 11.3 Å². The maximum atomic E-state index is 8.89. The molecule has 0 aliphatic rings. The highest BCUT2D eigenvalue weighted by molar-refractivity contribution is 5.73. The zero-order chi connectivity index (χ0) is 18.4. The number of aryl methyl sites for hydroxylation is 1.